The summed E-state index contributed by atoms with van der Waals surface area (Å²) in [4.78, 5) is 29.8. The second-order valence-electron chi connectivity index (χ2n) is 5.11. The van der Waals surface area contributed by atoms with Crippen LogP contribution in [0.4, 0.5) is 0 Å². The highest BCUT2D eigenvalue weighted by atomic mass is 32.1. The molecule has 23 heavy (non-hydrogen) atoms. The van der Waals surface area contributed by atoms with Crippen molar-refractivity contribution in [3.05, 3.63) is 61.9 Å². The van der Waals surface area contributed by atoms with Gasteiger partial charge in [0, 0.05) is 10.9 Å². The van der Waals surface area contributed by atoms with Gasteiger partial charge in [0.2, 0.25) is 0 Å². The Bertz CT molecular complexity index is 927. The maximum atomic E-state index is 12.3. The number of fused-ring (bicyclic) bond motifs is 1. The molecule has 0 fully saturated rings. The predicted molar refractivity (Wildman–Crippen MR) is 89.9 cm³/mol. The van der Waals surface area contributed by atoms with Gasteiger partial charge in [-0.3, -0.25) is 9.59 Å². The van der Waals surface area contributed by atoms with Crippen molar-refractivity contribution < 1.29 is 9.21 Å². The average molecular weight is 328 g/mol. The molecule has 0 bridgehead atoms. The van der Waals surface area contributed by atoms with E-state index in [1.165, 1.54) is 6.07 Å². The fourth-order valence-electron chi connectivity index (χ4n) is 2.39. The van der Waals surface area contributed by atoms with Crippen molar-refractivity contribution in [1.29, 1.82) is 0 Å². The number of para-hydroxylation sites is 1. The van der Waals surface area contributed by atoms with E-state index < -0.39 is 5.91 Å². The summed E-state index contributed by atoms with van der Waals surface area (Å²) in [5.74, 6) is -0.381. The lowest BCUT2D eigenvalue weighted by molar-refractivity contribution is 0.0924. The average Bonchev–Trinajstić information content (AvgIpc) is 2.92. The second-order valence-corrected chi connectivity index (χ2v) is 6.40. The molecule has 0 saturated heterocycles. The summed E-state index contributed by atoms with van der Waals surface area (Å²) in [6.45, 7) is 4.35. The molecule has 0 saturated carbocycles. The Balaban J connectivity index is 1.82. The van der Waals surface area contributed by atoms with Crippen LogP contribution in [-0.4, -0.2) is 10.9 Å². The maximum absolute atomic E-state index is 12.3. The molecule has 0 atom stereocenters. The summed E-state index contributed by atoms with van der Waals surface area (Å²) in [5.41, 5.74) is 1.18. The third-order valence-electron chi connectivity index (χ3n) is 3.49. The van der Waals surface area contributed by atoms with E-state index in [4.69, 9.17) is 4.42 Å². The van der Waals surface area contributed by atoms with E-state index in [2.05, 4.69) is 10.3 Å². The van der Waals surface area contributed by atoms with E-state index in [0.29, 0.717) is 17.5 Å². The van der Waals surface area contributed by atoms with Gasteiger partial charge in [-0.1, -0.05) is 19.1 Å². The lowest BCUT2D eigenvalue weighted by atomic mass is 10.2. The molecule has 0 aliphatic heterocycles. The molecule has 1 amide bonds. The number of nitrogens with one attached hydrogen (secondary N) is 1. The van der Waals surface area contributed by atoms with Crippen molar-refractivity contribution in [3.8, 4) is 0 Å². The van der Waals surface area contributed by atoms with Gasteiger partial charge in [-0.25, -0.2) is 4.98 Å². The Morgan fingerprint density at radius 3 is 2.91 bits per heavy atom. The van der Waals surface area contributed by atoms with Gasteiger partial charge in [-0.05, 0) is 25.5 Å². The van der Waals surface area contributed by atoms with Gasteiger partial charge in [0.15, 0.2) is 11.2 Å². The van der Waals surface area contributed by atoms with Crippen molar-refractivity contribution in [2.24, 2.45) is 0 Å². The molecule has 2 aromatic heterocycles. The van der Waals surface area contributed by atoms with Crippen LogP contribution in [0, 0.1) is 6.92 Å². The number of benzene rings is 1. The number of carbonyl (C=O) groups is 1. The molecule has 1 aromatic carbocycles. The van der Waals surface area contributed by atoms with E-state index >= 15 is 0 Å². The minimum atomic E-state index is -0.402. The minimum Gasteiger partial charge on any atom is -0.451 e. The molecule has 0 aliphatic carbocycles. The first-order valence-corrected chi connectivity index (χ1v) is 8.16. The molecule has 5 nitrogen and oxygen atoms in total. The summed E-state index contributed by atoms with van der Waals surface area (Å²) in [7, 11) is 0. The van der Waals surface area contributed by atoms with E-state index in [0.717, 1.165) is 22.0 Å². The summed E-state index contributed by atoms with van der Waals surface area (Å²) in [6.07, 6.45) is 0.820. The molecular weight excluding hydrogens is 312 g/mol. The third-order valence-corrected chi connectivity index (χ3v) is 4.50. The van der Waals surface area contributed by atoms with E-state index in [1.54, 1.807) is 35.6 Å². The van der Waals surface area contributed by atoms with Gasteiger partial charge >= 0.3 is 0 Å². The van der Waals surface area contributed by atoms with Crippen molar-refractivity contribution in [3.63, 3.8) is 0 Å². The molecule has 1 N–H and O–H groups in total. The largest absolute Gasteiger partial charge is 0.451 e. The summed E-state index contributed by atoms with van der Waals surface area (Å²) in [6, 6.07) is 8.11. The lowest BCUT2D eigenvalue weighted by Crippen LogP contribution is -2.24. The normalized spacial score (nSPS) is 10.9. The fraction of sp³-hybridized carbons (Fsp3) is 0.235. The van der Waals surface area contributed by atoms with Crippen LogP contribution in [0.2, 0.25) is 0 Å². The third kappa shape index (κ3) is 3.17. The van der Waals surface area contributed by atoms with Crippen LogP contribution in [0.5, 0.6) is 0 Å². The zero-order valence-corrected chi connectivity index (χ0v) is 13.7. The number of hydrogen-bond donors (Lipinski definition) is 1. The number of nitrogens with zero attached hydrogens (tertiary/aromatic N) is 1. The van der Waals surface area contributed by atoms with Gasteiger partial charge < -0.3 is 9.73 Å². The summed E-state index contributed by atoms with van der Waals surface area (Å²) in [5, 5.41) is 4.24. The van der Waals surface area contributed by atoms with Gasteiger partial charge in [-0.15, -0.1) is 11.3 Å². The van der Waals surface area contributed by atoms with Crippen molar-refractivity contribution in [2.75, 3.05) is 0 Å². The number of thiazole rings is 1. The number of rotatable bonds is 4. The van der Waals surface area contributed by atoms with E-state index in [-0.39, 0.29) is 11.2 Å². The van der Waals surface area contributed by atoms with Crippen LogP contribution in [0.3, 0.4) is 0 Å². The molecule has 3 rings (SSSR count). The Morgan fingerprint density at radius 1 is 1.35 bits per heavy atom. The molecule has 2 heterocycles. The molecule has 0 aliphatic rings. The van der Waals surface area contributed by atoms with Crippen LogP contribution >= 0.6 is 11.3 Å². The zero-order chi connectivity index (χ0) is 16.4. The molecular formula is C17H16N2O3S. The first kappa shape index (κ1) is 15.4. The highest BCUT2D eigenvalue weighted by molar-refractivity contribution is 7.11. The lowest BCUT2D eigenvalue weighted by Gasteiger charge is -2.05. The van der Waals surface area contributed by atoms with Crippen molar-refractivity contribution in [2.45, 2.75) is 26.8 Å². The first-order chi connectivity index (χ1) is 11.1. The molecule has 0 spiro atoms. The quantitative estimate of drug-likeness (QED) is 0.799. The smallest absolute Gasteiger partial charge is 0.287 e. The zero-order valence-electron chi connectivity index (χ0n) is 12.9. The minimum absolute atomic E-state index is 0.0213. The van der Waals surface area contributed by atoms with E-state index in [9.17, 15) is 9.59 Å². The Labute approximate surface area is 137 Å². The van der Waals surface area contributed by atoms with Gasteiger partial charge in [-0.2, -0.15) is 0 Å². The molecule has 3 aromatic rings. The SMILES string of the molecule is CCc1nc(C)sc1CNC(=O)c1cc(=O)c2ccccc2o1. The molecule has 0 unspecified atom stereocenters. The predicted octanol–water partition coefficient (Wildman–Crippen LogP) is 3.05. The van der Waals surface area contributed by atoms with Gasteiger partial charge in [0.1, 0.15) is 5.58 Å². The number of amides is 1. The standard InChI is InChI=1S/C17H16N2O3S/c1-3-12-16(23-10(2)19-12)9-18-17(21)15-8-13(20)11-6-4-5-7-14(11)22-15/h4-8H,3,9H2,1-2H3,(H,18,21). The van der Waals surface area contributed by atoms with E-state index in [1.807, 2.05) is 13.8 Å². The number of carbonyl (C=O) groups excluding carboxylic acids is 1. The molecule has 6 heteroatoms. The van der Waals surface area contributed by atoms with Gasteiger partial charge in [0.25, 0.3) is 5.91 Å². The Hall–Kier alpha value is -2.47. The van der Waals surface area contributed by atoms with Crippen molar-refractivity contribution >= 4 is 28.2 Å². The van der Waals surface area contributed by atoms with Crippen LogP contribution in [0.25, 0.3) is 11.0 Å². The van der Waals surface area contributed by atoms with Crippen LogP contribution < -0.4 is 10.7 Å². The highest BCUT2D eigenvalue weighted by Crippen LogP contribution is 2.18. The molecule has 118 valence electrons. The van der Waals surface area contributed by atoms with Crippen LogP contribution in [0.1, 0.15) is 33.1 Å². The Morgan fingerprint density at radius 2 is 2.13 bits per heavy atom. The summed E-state index contributed by atoms with van der Waals surface area (Å²) >= 11 is 1.56. The highest BCUT2D eigenvalue weighted by Gasteiger charge is 2.14. The number of hydrogen-bond acceptors (Lipinski definition) is 5. The van der Waals surface area contributed by atoms with Crippen molar-refractivity contribution in [1.82, 2.24) is 10.3 Å². The molecule has 0 radical (unpaired) electrons. The maximum Gasteiger partial charge on any atom is 0.287 e. The number of aryl methyl sites for hydroxylation is 2. The van der Waals surface area contributed by atoms with Gasteiger partial charge in [0.05, 0.1) is 22.6 Å². The monoisotopic (exact) mass is 328 g/mol. The second kappa shape index (κ2) is 6.34. The summed E-state index contributed by atoms with van der Waals surface area (Å²) < 4.78 is 5.53. The van der Waals surface area contributed by atoms with Crippen LogP contribution in [-0.2, 0) is 13.0 Å². The number of aromatic nitrogens is 1. The Kier molecular flexibility index (Phi) is 4.25. The topological polar surface area (TPSA) is 72.2 Å². The fourth-order valence-corrected chi connectivity index (χ4v) is 3.35. The first-order valence-electron chi connectivity index (χ1n) is 7.34. The van der Waals surface area contributed by atoms with Crippen LogP contribution in [0.15, 0.2) is 39.5 Å².